The number of nitrogens with zero attached hydrogens (tertiary/aromatic N) is 2. The lowest BCUT2D eigenvalue weighted by Gasteiger charge is -2.23. The summed E-state index contributed by atoms with van der Waals surface area (Å²) in [4.78, 5) is 0.339. The van der Waals surface area contributed by atoms with E-state index in [1.807, 2.05) is 25.1 Å². The van der Waals surface area contributed by atoms with Gasteiger partial charge in [-0.15, -0.1) is 0 Å². The molecule has 0 spiro atoms. The molecule has 0 N–H and O–H groups in total. The highest BCUT2D eigenvalue weighted by molar-refractivity contribution is 6.28. The molecule has 0 fully saturated rings. The van der Waals surface area contributed by atoms with E-state index in [-0.39, 0.29) is 16.4 Å². The van der Waals surface area contributed by atoms with Crippen LogP contribution < -0.4 is 9.58 Å². The maximum Gasteiger partial charge on any atom is 0.313 e. The number of hydrogen-bond donors (Lipinski definition) is 0. The molecule has 2 aromatic rings. The Balaban J connectivity index is 2.45. The molecule has 5 heteroatoms. The van der Waals surface area contributed by atoms with E-state index in [0.29, 0.717) is 4.85 Å². The predicted octanol–water partition coefficient (Wildman–Crippen LogP) is 3.77. The second-order valence-corrected chi connectivity index (χ2v) is 6.06. The zero-order chi connectivity index (χ0) is 14.9. The van der Waals surface area contributed by atoms with Crippen molar-refractivity contribution >= 4 is 11.6 Å². The summed E-state index contributed by atoms with van der Waals surface area (Å²) in [6.45, 7) is 8.29. The van der Waals surface area contributed by atoms with Crippen molar-refractivity contribution < 1.29 is 9.58 Å². The van der Waals surface area contributed by atoms with E-state index < -0.39 is 0 Å². The first-order chi connectivity index (χ1) is 9.29. The second-order valence-electron chi connectivity index (χ2n) is 5.67. The highest BCUT2D eigenvalue weighted by atomic mass is 35.5. The highest BCUT2D eigenvalue weighted by Crippen LogP contribution is 2.35. The summed E-state index contributed by atoms with van der Waals surface area (Å²) < 4.78 is 5.81. The van der Waals surface area contributed by atoms with Crippen LogP contribution in [0, 0.1) is 12.1 Å². The van der Waals surface area contributed by atoms with Gasteiger partial charge in [-0.2, -0.15) is 0 Å². The lowest BCUT2D eigenvalue weighted by Crippen LogP contribution is -2.32. The van der Waals surface area contributed by atoms with Gasteiger partial charge in [-0.05, 0) is 34.3 Å². The molecule has 0 amide bonds. The molecule has 2 rings (SSSR count). The summed E-state index contributed by atoms with van der Waals surface area (Å²) in [6.07, 6.45) is 0. The van der Waals surface area contributed by atoms with Crippen LogP contribution in [0.25, 0.3) is 0 Å². The number of benzene rings is 1. The second kappa shape index (κ2) is 5.29. The van der Waals surface area contributed by atoms with Crippen LogP contribution in [-0.4, -0.2) is 5.10 Å². The third kappa shape index (κ3) is 3.02. The number of para-hydroxylation sites is 1. The van der Waals surface area contributed by atoms with E-state index >= 15 is 0 Å². The molecule has 0 aliphatic rings. The van der Waals surface area contributed by atoms with Crippen molar-refractivity contribution in [2.75, 3.05) is 0 Å². The normalized spacial score (nSPS) is 11.4. The monoisotopic (exact) mass is 292 g/mol. The Labute approximate surface area is 123 Å². The molecular weight excluding hydrogens is 276 g/mol. The lowest BCUT2D eigenvalue weighted by molar-refractivity contribution is -0.667. The Morgan fingerprint density at radius 1 is 1.20 bits per heavy atom. The van der Waals surface area contributed by atoms with Crippen LogP contribution in [-0.2, 0) is 5.41 Å². The standard InChI is InChI=1S/C15H17ClN2O2/c1-10-6-5-7-11(15(2,3)4)14(10)20-13-9-8-12(16)18(19)17-13/h5-9H,1-4H3. The van der Waals surface area contributed by atoms with Gasteiger partial charge in [-0.3, -0.25) is 0 Å². The molecular formula is C15H17ClN2O2. The van der Waals surface area contributed by atoms with Crippen molar-refractivity contribution in [1.82, 2.24) is 5.10 Å². The van der Waals surface area contributed by atoms with Gasteiger partial charge in [-0.1, -0.05) is 39.0 Å². The molecule has 0 bridgehead atoms. The summed E-state index contributed by atoms with van der Waals surface area (Å²) in [5.41, 5.74) is 1.99. The maximum absolute atomic E-state index is 11.4. The van der Waals surface area contributed by atoms with E-state index in [2.05, 4.69) is 25.9 Å². The third-order valence-electron chi connectivity index (χ3n) is 2.96. The molecule has 4 nitrogen and oxygen atoms in total. The molecule has 106 valence electrons. The zero-order valence-electron chi connectivity index (χ0n) is 12.0. The van der Waals surface area contributed by atoms with Crippen molar-refractivity contribution in [2.45, 2.75) is 33.1 Å². The van der Waals surface area contributed by atoms with Crippen molar-refractivity contribution in [1.29, 1.82) is 0 Å². The molecule has 0 radical (unpaired) electrons. The van der Waals surface area contributed by atoms with Gasteiger partial charge in [0.1, 0.15) is 5.75 Å². The van der Waals surface area contributed by atoms with Crippen LogP contribution in [0.5, 0.6) is 11.6 Å². The van der Waals surface area contributed by atoms with Gasteiger partial charge >= 0.3 is 5.15 Å². The molecule has 0 unspecified atom stereocenters. The Bertz CT molecular complexity index is 636. The first kappa shape index (κ1) is 14.6. The predicted molar refractivity (Wildman–Crippen MR) is 78.2 cm³/mol. The molecule has 1 aromatic heterocycles. The molecule has 0 saturated heterocycles. The molecule has 0 aliphatic carbocycles. The molecule has 20 heavy (non-hydrogen) atoms. The Kier molecular flexibility index (Phi) is 3.86. The topological polar surface area (TPSA) is 49.1 Å². The largest absolute Gasteiger partial charge is 0.593 e. The number of aryl methyl sites for hydroxylation is 1. The van der Waals surface area contributed by atoms with Crippen LogP contribution in [0.3, 0.4) is 0 Å². The average Bonchev–Trinajstić information content (AvgIpc) is 2.35. The summed E-state index contributed by atoms with van der Waals surface area (Å²) in [5, 5.41) is 15.1. The van der Waals surface area contributed by atoms with E-state index in [1.165, 1.54) is 6.07 Å². The van der Waals surface area contributed by atoms with Crippen molar-refractivity contribution in [3.8, 4) is 11.6 Å². The van der Waals surface area contributed by atoms with E-state index in [9.17, 15) is 5.21 Å². The van der Waals surface area contributed by atoms with Crippen molar-refractivity contribution in [3.05, 3.63) is 51.8 Å². The molecule has 0 atom stereocenters. The number of halogens is 1. The zero-order valence-corrected chi connectivity index (χ0v) is 12.7. The van der Waals surface area contributed by atoms with Crippen molar-refractivity contribution in [2.24, 2.45) is 0 Å². The minimum Gasteiger partial charge on any atom is -0.593 e. The smallest absolute Gasteiger partial charge is 0.313 e. The van der Waals surface area contributed by atoms with Gasteiger partial charge in [0.15, 0.2) is 0 Å². The number of aromatic nitrogens is 2. The molecule has 1 heterocycles. The van der Waals surface area contributed by atoms with E-state index in [0.717, 1.165) is 16.9 Å². The average molecular weight is 293 g/mol. The Morgan fingerprint density at radius 3 is 2.50 bits per heavy atom. The first-order valence-corrected chi connectivity index (χ1v) is 6.71. The fourth-order valence-electron chi connectivity index (χ4n) is 1.91. The third-order valence-corrected chi connectivity index (χ3v) is 3.23. The summed E-state index contributed by atoms with van der Waals surface area (Å²) >= 11 is 5.65. The van der Waals surface area contributed by atoms with Crippen LogP contribution in [0.1, 0.15) is 31.9 Å². The van der Waals surface area contributed by atoms with Gasteiger partial charge in [-0.25, -0.2) is 0 Å². The van der Waals surface area contributed by atoms with E-state index in [4.69, 9.17) is 16.3 Å². The minimum atomic E-state index is -0.0682. The summed E-state index contributed by atoms with van der Waals surface area (Å²) in [5.74, 6) is 0.957. The summed E-state index contributed by atoms with van der Waals surface area (Å²) in [6, 6.07) is 9.02. The Morgan fingerprint density at radius 2 is 1.90 bits per heavy atom. The Hall–Kier alpha value is -1.81. The van der Waals surface area contributed by atoms with Gasteiger partial charge in [0.2, 0.25) is 0 Å². The molecule has 0 aliphatic heterocycles. The van der Waals surface area contributed by atoms with Gasteiger partial charge < -0.3 is 9.94 Å². The number of rotatable bonds is 2. The number of ether oxygens (including phenoxy) is 1. The maximum atomic E-state index is 11.4. The fraction of sp³-hybridized carbons (Fsp3) is 0.333. The van der Waals surface area contributed by atoms with Gasteiger partial charge in [0.25, 0.3) is 5.88 Å². The van der Waals surface area contributed by atoms with E-state index in [1.54, 1.807) is 6.07 Å². The minimum absolute atomic E-state index is 0.0122. The summed E-state index contributed by atoms with van der Waals surface area (Å²) in [7, 11) is 0. The quantitative estimate of drug-likeness (QED) is 0.625. The van der Waals surface area contributed by atoms with Gasteiger partial charge in [0, 0.05) is 17.7 Å². The first-order valence-electron chi connectivity index (χ1n) is 6.33. The van der Waals surface area contributed by atoms with Crippen molar-refractivity contribution in [3.63, 3.8) is 0 Å². The van der Waals surface area contributed by atoms with Crippen LogP contribution in [0.2, 0.25) is 5.15 Å². The lowest BCUT2D eigenvalue weighted by atomic mass is 9.85. The van der Waals surface area contributed by atoms with Gasteiger partial charge in [0.05, 0.1) is 5.10 Å². The molecule has 0 saturated carbocycles. The fourth-order valence-corrected chi connectivity index (χ4v) is 2.01. The number of hydrogen-bond acceptors (Lipinski definition) is 3. The highest BCUT2D eigenvalue weighted by Gasteiger charge is 2.21. The SMILES string of the molecule is Cc1cccc(C(C)(C)C)c1Oc1ccc(Cl)[n+]([O-])n1. The van der Waals surface area contributed by atoms with Crippen LogP contribution >= 0.6 is 11.6 Å². The van der Waals surface area contributed by atoms with Crippen LogP contribution in [0.15, 0.2) is 30.3 Å². The molecule has 1 aromatic carbocycles. The van der Waals surface area contributed by atoms with Crippen LogP contribution in [0.4, 0.5) is 0 Å².